The molecule has 0 amide bonds. The third-order valence-electron chi connectivity index (χ3n) is 4.74. The van der Waals surface area contributed by atoms with Gasteiger partial charge in [0, 0.05) is 28.6 Å². The van der Waals surface area contributed by atoms with Gasteiger partial charge in [0.15, 0.2) is 0 Å². The lowest BCUT2D eigenvalue weighted by Crippen LogP contribution is -2.47. The highest BCUT2D eigenvalue weighted by atomic mass is 79.9. The molecule has 0 unspecified atom stereocenters. The Balaban J connectivity index is 1.93. The SMILES string of the molecule is ClCc1ccc(Br)cc1N1CCC[C@H]2CCCC[C@H]21. The first-order chi connectivity index (χ1) is 9.29. The van der Waals surface area contributed by atoms with Gasteiger partial charge in [-0.25, -0.2) is 0 Å². The van der Waals surface area contributed by atoms with Gasteiger partial charge in [-0.15, -0.1) is 11.6 Å². The predicted molar refractivity (Wildman–Crippen MR) is 86.0 cm³/mol. The van der Waals surface area contributed by atoms with Gasteiger partial charge in [0.1, 0.15) is 0 Å². The van der Waals surface area contributed by atoms with Crippen molar-refractivity contribution in [3.8, 4) is 0 Å². The van der Waals surface area contributed by atoms with Crippen LogP contribution in [0.3, 0.4) is 0 Å². The van der Waals surface area contributed by atoms with Crippen LogP contribution in [-0.4, -0.2) is 12.6 Å². The molecule has 1 aromatic rings. The lowest BCUT2D eigenvalue weighted by atomic mass is 9.78. The first-order valence-corrected chi connectivity index (χ1v) is 8.73. The quantitative estimate of drug-likeness (QED) is 0.655. The zero-order valence-electron chi connectivity index (χ0n) is 11.2. The number of hydrogen-bond acceptors (Lipinski definition) is 1. The molecule has 1 aromatic carbocycles. The van der Waals surface area contributed by atoms with Gasteiger partial charge < -0.3 is 4.90 Å². The number of benzene rings is 1. The summed E-state index contributed by atoms with van der Waals surface area (Å²) in [7, 11) is 0. The number of fused-ring (bicyclic) bond motifs is 1. The number of halogens is 2. The van der Waals surface area contributed by atoms with E-state index in [1.165, 1.54) is 56.3 Å². The maximum Gasteiger partial charge on any atom is 0.0494 e. The molecule has 1 heterocycles. The van der Waals surface area contributed by atoms with E-state index in [1.54, 1.807) is 0 Å². The largest absolute Gasteiger partial charge is 0.368 e. The zero-order valence-corrected chi connectivity index (χ0v) is 13.6. The Bertz CT molecular complexity index is 446. The lowest BCUT2D eigenvalue weighted by molar-refractivity contribution is 0.243. The zero-order chi connectivity index (χ0) is 13.2. The maximum atomic E-state index is 6.14. The summed E-state index contributed by atoms with van der Waals surface area (Å²) in [4.78, 5) is 2.65. The highest BCUT2D eigenvalue weighted by Gasteiger charge is 2.33. The molecule has 1 aliphatic carbocycles. The van der Waals surface area contributed by atoms with Crippen LogP contribution in [0, 0.1) is 5.92 Å². The summed E-state index contributed by atoms with van der Waals surface area (Å²) in [6.45, 7) is 1.20. The van der Waals surface area contributed by atoms with Crippen LogP contribution in [0.5, 0.6) is 0 Å². The number of anilines is 1. The van der Waals surface area contributed by atoms with Crippen LogP contribution >= 0.6 is 27.5 Å². The molecule has 0 radical (unpaired) electrons. The molecule has 2 aliphatic rings. The molecule has 1 saturated heterocycles. The van der Waals surface area contributed by atoms with E-state index < -0.39 is 0 Å². The molecule has 1 saturated carbocycles. The Kier molecular flexibility index (Phi) is 4.38. The summed E-state index contributed by atoms with van der Waals surface area (Å²) < 4.78 is 1.16. The molecule has 0 spiro atoms. The van der Waals surface area contributed by atoms with Crippen molar-refractivity contribution in [2.75, 3.05) is 11.4 Å². The Morgan fingerprint density at radius 3 is 2.79 bits per heavy atom. The third-order valence-corrected chi connectivity index (χ3v) is 5.53. The molecule has 19 heavy (non-hydrogen) atoms. The van der Waals surface area contributed by atoms with Gasteiger partial charge in [-0.3, -0.25) is 0 Å². The van der Waals surface area contributed by atoms with Crippen molar-refractivity contribution in [1.82, 2.24) is 0 Å². The monoisotopic (exact) mass is 341 g/mol. The second kappa shape index (κ2) is 6.05. The van der Waals surface area contributed by atoms with Crippen molar-refractivity contribution in [1.29, 1.82) is 0 Å². The topological polar surface area (TPSA) is 3.24 Å². The minimum Gasteiger partial charge on any atom is -0.368 e. The van der Waals surface area contributed by atoms with E-state index in [2.05, 4.69) is 39.0 Å². The number of piperidine rings is 1. The van der Waals surface area contributed by atoms with Crippen LogP contribution in [0.2, 0.25) is 0 Å². The first kappa shape index (κ1) is 13.8. The second-order valence-electron chi connectivity index (χ2n) is 5.85. The average Bonchev–Trinajstić information content (AvgIpc) is 2.46. The van der Waals surface area contributed by atoms with Crippen LogP contribution in [0.15, 0.2) is 22.7 Å². The summed E-state index contributed by atoms with van der Waals surface area (Å²) in [6.07, 6.45) is 8.35. The molecular weight excluding hydrogens is 322 g/mol. The van der Waals surface area contributed by atoms with Gasteiger partial charge in [-0.05, 0) is 49.3 Å². The van der Waals surface area contributed by atoms with Crippen molar-refractivity contribution in [3.05, 3.63) is 28.2 Å². The number of hydrogen-bond donors (Lipinski definition) is 0. The van der Waals surface area contributed by atoms with E-state index >= 15 is 0 Å². The molecule has 1 aliphatic heterocycles. The third kappa shape index (κ3) is 2.80. The molecule has 3 rings (SSSR count). The molecule has 1 nitrogen and oxygen atoms in total. The van der Waals surface area contributed by atoms with Crippen LogP contribution in [-0.2, 0) is 5.88 Å². The van der Waals surface area contributed by atoms with Gasteiger partial charge in [0.25, 0.3) is 0 Å². The molecule has 2 fully saturated rings. The Morgan fingerprint density at radius 2 is 1.95 bits per heavy atom. The van der Waals surface area contributed by atoms with Crippen LogP contribution < -0.4 is 4.90 Å². The van der Waals surface area contributed by atoms with Gasteiger partial charge in [0.05, 0.1) is 0 Å². The molecule has 2 atom stereocenters. The number of alkyl halides is 1. The Labute approximate surface area is 129 Å². The summed E-state index contributed by atoms with van der Waals surface area (Å²) >= 11 is 9.75. The highest BCUT2D eigenvalue weighted by molar-refractivity contribution is 9.10. The molecule has 0 bridgehead atoms. The Hall–Kier alpha value is -0.210. The van der Waals surface area contributed by atoms with Gasteiger partial charge in [0.2, 0.25) is 0 Å². The summed E-state index contributed by atoms with van der Waals surface area (Å²) in [5, 5.41) is 0. The van der Waals surface area contributed by atoms with Gasteiger partial charge >= 0.3 is 0 Å². The second-order valence-corrected chi connectivity index (χ2v) is 7.04. The average molecular weight is 343 g/mol. The lowest BCUT2D eigenvalue weighted by Gasteiger charge is -2.46. The molecule has 104 valence electrons. The van der Waals surface area contributed by atoms with Crippen molar-refractivity contribution in [2.24, 2.45) is 5.92 Å². The van der Waals surface area contributed by atoms with Crippen LogP contribution in [0.4, 0.5) is 5.69 Å². The van der Waals surface area contributed by atoms with E-state index in [1.807, 2.05) is 0 Å². The summed E-state index contributed by atoms with van der Waals surface area (Å²) in [5.41, 5.74) is 2.64. The normalized spacial score (nSPS) is 27.2. The van der Waals surface area contributed by atoms with Crippen molar-refractivity contribution < 1.29 is 0 Å². The minimum atomic E-state index is 0.608. The van der Waals surface area contributed by atoms with E-state index in [-0.39, 0.29) is 0 Å². The smallest absolute Gasteiger partial charge is 0.0494 e. The number of nitrogens with zero attached hydrogens (tertiary/aromatic N) is 1. The van der Waals surface area contributed by atoms with Gasteiger partial charge in [-0.2, -0.15) is 0 Å². The fourth-order valence-electron chi connectivity index (χ4n) is 3.84. The van der Waals surface area contributed by atoms with E-state index in [4.69, 9.17) is 11.6 Å². The fourth-order valence-corrected chi connectivity index (χ4v) is 4.42. The van der Waals surface area contributed by atoms with E-state index in [0.717, 1.165) is 16.4 Å². The Morgan fingerprint density at radius 1 is 1.16 bits per heavy atom. The standard InChI is InChI=1S/C16H21BrClN/c17-14-8-7-13(11-18)16(10-14)19-9-3-5-12-4-1-2-6-15(12)19/h7-8,10,12,15H,1-6,9,11H2/t12-,15-/m1/s1. The van der Waals surface area contributed by atoms with Crippen molar-refractivity contribution in [2.45, 2.75) is 50.4 Å². The van der Waals surface area contributed by atoms with Crippen molar-refractivity contribution in [3.63, 3.8) is 0 Å². The predicted octanol–water partition coefficient (Wildman–Crippen LogP) is 5.35. The summed E-state index contributed by atoms with van der Waals surface area (Å²) in [5.74, 6) is 1.51. The minimum absolute atomic E-state index is 0.608. The fraction of sp³-hybridized carbons (Fsp3) is 0.625. The van der Waals surface area contributed by atoms with Crippen molar-refractivity contribution >= 4 is 33.2 Å². The van der Waals surface area contributed by atoms with Gasteiger partial charge in [-0.1, -0.05) is 34.8 Å². The van der Waals surface area contributed by atoms with Crippen LogP contribution in [0.1, 0.15) is 44.1 Å². The molecular formula is C16H21BrClN. The van der Waals surface area contributed by atoms with Crippen LogP contribution in [0.25, 0.3) is 0 Å². The first-order valence-electron chi connectivity index (χ1n) is 7.40. The molecule has 3 heteroatoms. The highest BCUT2D eigenvalue weighted by Crippen LogP contribution is 2.39. The molecule has 0 aromatic heterocycles. The van der Waals surface area contributed by atoms with E-state index in [0.29, 0.717) is 5.88 Å². The maximum absolute atomic E-state index is 6.14. The molecule has 0 N–H and O–H groups in total. The summed E-state index contributed by atoms with van der Waals surface area (Å²) in [6, 6.07) is 7.27. The van der Waals surface area contributed by atoms with E-state index in [9.17, 15) is 0 Å². The number of rotatable bonds is 2.